The number of benzene rings is 7. The molecule has 0 bridgehead atoms. The summed E-state index contributed by atoms with van der Waals surface area (Å²) >= 11 is 0. The third-order valence-electron chi connectivity index (χ3n) is 10.3. The largest absolute Gasteiger partial charge is 0.464 e. The maximum atomic E-state index is 13.6. The molecule has 0 aliphatic carbocycles. The summed E-state index contributed by atoms with van der Waals surface area (Å²) in [5.74, 6) is 0.627. The van der Waals surface area contributed by atoms with Crippen molar-refractivity contribution in [2.45, 2.75) is 5.60 Å². The Kier molecular flexibility index (Phi) is 6.60. The molecule has 0 spiro atoms. The molecular formula is C47H32N2O2. The minimum atomic E-state index is -1.58. The number of furan rings is 1. The Balaban J connectivity index is 1.24. The first-order valence-corrected chi connectivity index (χ1v) is 17.2. The first-order chi connectivity index (χ1) is 25.2. The van der Waals surface area contributed by atoms with Gasteiger partial charge < -0.3 is 18.7 Å². The van der Waals surface area contributed by atoms with Crippen molar-refractivity contribution < 1.29 is 9.52 Å². The van der Waals surface area contributed by atoms with Gasteiger partial charge in [0, 0.05) is 44.0 Å². The fourth-order valence-electron chi connectivity index (χ4n) is 8.03. The standard InChI is InChI=1S/C47H32N2O2/c50-47(41-28-29-51-46(41)32-14-2-1-3-15-32,33-16-12-18-35(30-33)48-42-24-8-4-20-37(42)38-21-5-9-25-43(38)48)34-17-13-19-36(31-34)49-44-26-10-6-22-39(44)40-23-7-11-27-45(40)49/h1-31,50H. The van der Waals surface area contributed by atoms with Crippen LogP contribution in [-0.4, -0.2) is 14.2 Å². The molecule has 242 valence electrons. The molecule has 0 amide bonds. The Hall–Kier alpha value is -6.62. The number of rotatable bonds is 6. The second kappa shape index (κ2) is 11.5. The smallest absolute Gasteiger partial charge is 0.144 e. The van der Waals surface area contributed by atoms with Crippen molar-refractivity contribution in [1.29, 1.82) is 0 Å². The zero-order chi connectivity index (χ0) is 33.9. The van der Waals surface area contributed by atoms with Crippen LogP contribution in [0.5, 0.6) is 0 Å². The van der Waals surface area contributed by atoms with E-state index in [9.17, 15) is 5.11 Å². The topological polar surface area (TPSA) is 43.2 Å². The third-order valence-corrected chi connectivity index (χ3v) is 10.3. The van der Waals surface area contributed by atoms with Gasteiger partial charge in [-0.05, 0) is 65.7 Å². The van der Waals surface area contributed by atoms with E-state index in [-0.39, 0.29) is 0 Å². The molecule has 0 fully saturated rings. The summed E-state index contributed by atoms with van der Waals surface area (Å²) in [6.07, 6.45) is 1.68. The van der Waals surface area contributed by atoms with Crippen molar-refractivity contribution in [2.75, 3.05) is 0 Å². The third kappa shape index (κ3) is 4.44. The van der Waals surface area contributed by atoms with E-state index in [1.54, 1.807) is 6.26 Å². The predicted octanol–water partition coefficient (Wildman–Crippen LogP) is 11.4. The SMILES string of the molecule is OC(c1cccc(-n2c3ccccc3c3ccccc32)c1)(c1cccc(-n2c3ccccc3c3ccccc32)c1)c1ccoc1-c1ccccc1. The van der Waals surface area contributed by atoms with E-state index >= 15 is 0 Å². The molecule has 10 aromatic rings. The molecule has 7 aromatic carbocycles. The van der Waals surface area contributed by atoms with E-state index in [1.165, 1.54) is 21.5 Å². The average molecular weight is 657 g/mol. The Labute approximate surface area is 294 Å². The Morgan fingerprint density at radius 3 is 1.27 bits per heavy atom. The summed E-state index contributed by atoms with van der Waals surface area (Å²) in [7, 11) is 0. The summed E-state index contributed by atoms with van der Waals surface area (Å²) in [6, 6.07) is 62.5. The summed E-state index contributed by atoms with van der Waals surface area (Å²) in [6.45, 7) is 0. The monoisotopic (exact) mass is 656 g/mol. The molecule has 4 heteroatoms. The van der Waals surface area contributed by atoms with Crippen LogP contribution in [0.25, 0.3) is 66.3 Å². The highest BCUT2D eigenvalue weighted by molar-refractivity contribution is 6.10. The first-order valence-electron chi connectivity index (χ1n) is 17.2. The van der Waals surface area contributed by atoms with Gasteiger partial charge in [-0.1, -0.05) is 127 Å². The number of hydrogen-bond acceptors (Lipinski definition) is 2. The van der Waals surface area contributed by atoms with E-state index in [2.05, 4.69) is 130 Å². The fraction of sp³-hybridized carbons (Fsp3) is 0.0213. The van der Waals surface area contributed by atoms with Gasteiger partial charge in [-0.25, -0.2) is 0 Å². The van der Waals surface area contributed by atoms with Crippen molar-refractivity contribution in [2.24, 2.45) is 0 Å². The first kappa shape index (κ1) is 29.3. The zero-order valence-electron chi connectivity index (χ0n) is 27.6. The number of para-hydroxylation sites is 4. The van der Waals surface area contributed by atoms with Gasteiger partial charge in [-0.2, -0.15) is 0 Å². The minimum absolute atomic E-state index is 0.627. The van der Waals surface area contributed by atoms with Crippen LogP contribution in [0.4, 0.5) is 0 Å². The van der Waals surface area contributed by atoms with Gasteiger partial charge in [-0.3, -0.25) is 0 Å². The lowest BCUT2D eigenvalue weighted by Crippen LogP contribution is -2.29. The number of aromatic nitrogens is 2. The van der Waals surface area contributed by atoms with Crippen LogP contribution < -0.4 is 0 Å². The zero-order valence-corrected chi connectivity index (χ0v) is 27.6. The van der Waals surface area contributed by atoms with Crippen LogP contribution in [0.2, 0.25) is 0 Å². The molecule has 0 aliphatic heterocycles. The summed E-state index contributed by atoms with van der Waals surface area (Å²) < 4.78 is 10.8. The maximum absolute atomic E-state index is 13.6. The van der Waals surface area contributed by atoms with Gasteiger partial charge in [0.05, 0.1) is 28.3 Å². The van der Waals surface area contributed by atoms with Crippen molar-refractivity contribution in [3.63, 3.8) is 0 Å². The molecule has 51 heavy (non-hydrogen) atoms. The number of hydrogen-bond donors (Lipinski definition) is 1. The van der Waals surface area contributed by atoms with E-state index in [0.717, 1.165) is 50.1 Å². The van der Waals surface area contributed by atoms with E-state index in [0.29, 0.717) is 11.3 Å². The molecule has 0 aliphatic rings. The molecular weight excluding hydrogens is 625 g/mol. The molecule has 3 heterocycles. The minimum Gasteiger partial charge on any atom is -0.464 e. The highest BCUT2D eigenvalue weighted by atomic mass is 16.3. The summed E-state index contributed by atoms with van der Waals surface area (Å²) in [5.41, 5.74) is 7.84. The second-order valence-corrected chi connectivity index (χ2v) is 13.1. The lowest BCUT2D eigenvalue weighted by atomic mass is 9.79. The Bertz CT molecular complexity index is 2630. The van der Waals surface area contributed by atoms with Crippen molar-refractivity contribution in [3.05, 3.63) is 205 Å². The van der Waals surface area contributed by atoms with Crippen LogP contribution in [0.15, 0.2) is 193 Å². The Morgan fingerprint density at radius 2 is 0.824 bits per heavy atom. The molecule has 0 unspecified atom stereocenters. The molecule has 10 rings (SSSR count). The summed E-state index contributed by atoms with van der Waals surface area (Å²) in [4.78, 5) is 0. The molecule has 3 aromatic heterocycles. The average Bonchev–Trinajstić information content (AvgIpc) is 3.92. The van der Waals surface area contributed by atoms with Crippen LogP contribution in [0.1, 0.15) is 16.7 Å². The normalized spacial score (nSPS) is 12.0. The van der Waals surface area contributed by atoms with Crippen LogP contribution in [0.3, 0.4) is 0 Å². The van der Waals surface area contributed by atoms with Crippen LogP contribution in [0, 0.1) is 0 Å². The molecule has 0 saturated heterocycles. The number of fused-ring (bicyclic) bond motifs is 6. The van der Waals surface area contributed by atoms with Gasteiger partial charge in [0.25, 0.3) is 0 Å². The van der Waals surface area contributed by atoms with Gasteiger partial charge in [0.1, 0.15) is 11.4 Å². The molecule has 0 saturated carbocycles. The van der Waals surface area contributed by atoms with Crippen LogP contribution >= 0.6 is 0 Å². The van der Waals surface area contributed by atoms with Gasteiger partial charge in [-0.15, -0.1) is 0 Å². The Morgan fingerprint density at radius 1 is 0.412 bits per heavy atom. The number of aliphatic hydroxyl groups is 1. The predicted molar refractivity (Wildman–Crippen MR) is 208 cm³/mol. The number of nitrogens with zero attached hydrogens (tertiary/aromatic N) is 2. The quantitative estimate of drug-likeness (QED) is 0.194. The second-order valence-electron chi connectivity index (χ2n) is 13.1. The van der Waals surface area contributed by atoms with Gasteiger partial charge in [0.2, 0.25) is 0 Å². The fourth-order valence-corrected chi connectivity index (χ4v) is 8.03. The molecule has 1 N–H and O–H groups in total. The highest BCUT2D eigenvalue weighted by Crippen LogP contribution is 2.44. The van der Waals surface area contributed by atoms with Crippen LogP contribution in [-0.2, 0) is 5.60 Å². The highest BCUT2D eigenvalue weighted by Gasteiger charge is 2.38. The van der Waals surface area contributed by atoms with Crippen molar-refractivity contribution in [3.8, 4) is 22.7 Å². The van der Waals surface area contributed by atoms with E-state index in [1.807, 2.05) is 60.7 Å². The van der Waals surface area contributed by atoms with E-state index in [4.69, 9.17) is 4.42 Å². The maximum Gasteiger partial charge on any atom is 0.144 e. The van der Waals surface area contributed by atoms with Crippen molar-refractivity contribution >= 4 is 43.6 Å². The van der Waals surface area contributed by atoms with E-state index < -0.39 is 5.60 Å². The molecule has 4 nitrogen and oxygen atoms in total. The van der Waals surface area contributed by atoms with Crippen molar-refractivity contribution in [1.82, 2.24) is 9.13 Å². The van der Waals surface area contributed by atoms with Gasteiger partial charge >= 0.3 is 0 Å². The lowest BCUT2D eigenvalue weighted by Gasteiger charge is -2.31. The summed E-state index contributed by atoms with van der Waals surface area (Å²) in [5, 5.41) is 18.3. The van der Waals surface area contributed by atoms with Gasteiger partial charge in [0.15, 0.2) is 0 Å². The molecule has 0 radical (unpaired) electrons. The lowest BCUT2D eigenvalue weighted by molar-refractivity contribution is 0.125. The molecule has 0 atom stereocenters.